The Balaban J connectivity index is 1.52. The smallest absolute Gasteiger partial charge is 0.124 e. The van der Waals surface area contributed by atoms with Crippen LogP contribution in [0.15, 0.2) is 53.7 Å². The molecule has 0 fully saturated rings. The van der Waals surface area contributed by atoms with Crippen molar-refractivity contribution in [2.75, 3.05) is 0 Å². The van der Waals surface area contributed by atoms with Gasteiger partial charge in [0.1, 0.15) is 5.82 Å². The number of hydrogen-bond donors (Lipinski definition) is 3. The Morgan fingerprint density at radius 2 is 1.41 bits per heavy atom. The lowest BCUT2D eigenvalue weighted by atomic mass is 9.83. The Kier molecular flexibility index (Phi) is 5.60. The number of aromatic amines is 1. The SMILES string of the molecule is CC(C)(C)[C@H](N)C1=Nc2ccc(-c3ccc(-c4cnc([C@@H](N)C(C)(C)C)[nH]4)cc3)cc2C1. The van der Waals surface area contributed by atoms with Gasteiger partial charge in [0.15, 0.2) is 0 Å². The van der Waals surface area contributed by atoms with Gasteiger partial charge in [-0.25, -0.2) is 4.98 Å². The summed E-state index contributed by atoms with van der Waals surface area (Å²) in [6.45, 7) is 12.9. The molecule has 0 unspecified atom stereocenters. The highest BCUT2D eigenvalue weighted by Gasteiger charge is 2.29. The van der Waals surface area contributed by atoms with Crippen LogP contribution in [0.4, 0.5) is 5.69 Å². The fraction of sp³-hybridized carbons (Fsp3) is 0.407. The number of H-pyrrole nitrogens is 1. The molecule has 0 radical (unpaired) electrons. The van der Waals surface area contributed by atoms with Crippen molar-refractivity contribution >= 4 is 11.4 Å². The van der Waals surface area contributed by atoms with Crippen LogP contribution in [-0.2, 0) is 6.42 Å². The summed E-state index contributed by atoms with van der Waals surface area (Å²) in [5.74, 6) is 0.819. The van der Waals surface area contributed by atoms with E-state index in [4.69, 9.17) is 16.5 Å². The molecule has 0 bridgehead atoms. The topological polar surface area (TPSA) is 93.1 Å². The van der Waals surface area contributed by atoms with E-state index in [9.17, 15) is 0 Å². The van der Waals surface area contributed by atoms with Gasteiger partial charge in [-0.2, -0.15) is 0 Å². The number of rotatable bonds is 4. The number of imidazole rings is 1. The summed E-state index contributed by atoms with van der Waals surface area (Å²) in [4.78, 5) is 12.7. The van der Waals surface area contributed by atoms with E-state index in [1.807, 2.05) is 6.20 Å². The van der Waals surface area contributed by atoms with Crippen LogP contribution in [0.3, 0.4) is 0 Å². The molecule has 5 N–H and O–H groups in total. The molecule has 1 aliphatic rings. The van der Waals surface area contributed by atoms with Crippen molar-refractivity contribution in [3.05, 3.63) is 60.0 Å². The molecule has 5 heteroatoms. The number of benzene rings is 2. The van der Waals surface area contributed by atoms with Crippen molar-refractivity contribution < 1.29 is 0 Å². The molecule has 5 nitrogen and oxygen atoms in total. The quantitative estimate of drug-likeness (QED) is 0.490. The van der Waals surface area contributed by atoms with Crippen molar-refractivity contribution in [1.29, 1.82) is 0 Å². The van der Waals surface area contributed by atoms with Crippen LogP contribution in [0.1, 0.15) is 59.0 Å². The highest BCUT2D eigenvalue weighted by Crippen LogP contribution is 2.35. The second-order valence-electron chi connectivity index (χ2n) is 11.1. The van der Waals surface area contributed by atoms with Gasteiger partial charge in [0.05, 0.1) is 23.6 Å². The molecule has 2 heterocycles. The van der Waals surface area contributed by atoms with Gasteiger partial charge in [0.2, 0.25) is 0 Å². The molecule has 1 aromatic heterocycles. The normalized spacial score (nSPS) is 15.9. The highest BCUT2D eigenvalue weighted by atomic mass is 15.0. The van der Waals surface area contributed by atoms with Crippen molar-refractivity contribution in [1.82, 2.24) is 9.97 Å². The first-order valence-corrected chi connectivity index (χ1v) is 11.3. The van der Waals surface area contributed by atoms with Gasteiger partial charge in [-0.05, 0) is 45.2 Å². The van der Waals surface area contributed by atoms with Gasteiger partial charge < -0.3 is 16.5 Å². The van der Waals surface area contributed by atoms with Gasteiger partial charge in [-0.15, -0.1) is 0 Å². The molecule has 2 atom stereocenters. The molecule has 0 saturated carbocycles. The maximum Gasteiger partial charge on any atom is 0.124 e. The van der Waals surface area contributed by atoms with E-state index in [-0.39, 0.29) is 22.9 Å². The predicted molar refractivity (Wildman–Crippen MR) is 134 cm³/mol. The first-order valence-electron chi connectivity index (χ1n) is 11.3. The van der Waals surface area contributed by atoms with Crippen molar-refractivity contribution in [3.63, 3.8) is 0 Å². The molecule has 4 rings (SSSR count). The standard InChI is InChI=1S/C27H35N5/c1-26(2,3)23(28)21-14-19-13-18(11-12-20(19)31-21)16-7-9-17(10-8-16)22-15-30-25(32-22)24(29)27(4,5)6/h7-13,15,23-24H,14,28-29H2,1-6H3,(H,30,32)/t23-,24-/m1/s1. The van der Waals surface area contributed by atoms with Crippen LogP contribution in [0.25, 0.3) is 22.4 Å². The van der Waals surface area contributed by atoms with E-state index < -0.39 is 0 Å². The average molecular weight is 430 g/mol. The zero-order valence-electron chi connectivity index (χ0n) is 20.0. The van der Waals surface area contributed by atoms with Gasteiger partial charge in [0, 0.05) is 18.2 Å². The molecule has 3 aromatic rings. The Hall–Kier alpha value is -2.76. The van der Waals surface area contributed by atoms with Crippen LogP contribution >= 0.6 is 0 Å². The minimum absolute atomic E-state index is 0.00285. The molecule has 2 aromatic carbocycles. The third-order valence-electron chi connectivity index (χ3n) is 6.36. The van der Waals surface area contributed by atoms with Crippen molar-refractivity contribution in [2.24, 2.45) is 27.3 Å². The Labute approximate surface area is 191 Å². The van der Waals surface area contributed by atoms with E-state index in [1.54, 1.807) is 0 Å². The van der Waals surface area contributed by atoms with Crippen LogP contribution in [-0.4, -0.2) is 21.7 Å². The van der Waals surface area contributed by atoms with Gasteiger partial charge in [-0.1, -0.05) is 71.9 Å². The number of aromatic nitrogens is 2. The Morgan fingerprint density at radius 1 is 0.812 bits per heavy atom. The summed E-state index contributed by atoms with van der Waals surface area (Å²) >= 11 is 0. The minimum Gasteiger partial charge on any atom is -0.341 e. The lowest BCUT2D eigenvalue weighted by Gasteiger charge is -2.27. The second kappa shape index (κ2) is 7.98. The van der Waals surface area contributed by atoms with Gasteiger partial charge in [0.25, 0.3) is 0 Å². The number of nitrogens with one attached hydrogen (secondary N) is 1. The molecular weight excluding hydrogens is 394 g/mol. The van der Waals surface area contributed by atoms with E-state index >= 15 is 0 Å². The van der Waals surface area contributed by atoms with Crippen LogP contribution in [0, 0.1) is 10.8 Å². The first-order chi connectivity index (χ1) is 14.9. The summed E-state index contributed by atoms with van der Waals surface area (Å²) in [6.07, 6.45) is 2.69. The second-order valence-corrected chi connectivity index (χ2v) is 11.1. The van der Waals surface area contributed by atoms with Crippen molar-refractivity contribution in [3.8, 4) is 22.4 Å². The maximum atomic E-state index is 6.45. The van der Waals surface area contributed by atoms with Crippen molar-refractivity contribution in [2.45, 2.75) is 60.0 Å². The highest BCUT2D eigenvalue weighted by molar-refractivity contribution is 5.98. The lowest BCUT2D eigenvalue weighted by molar-refractivity contribution is 0.317. The zero-order chi connectivity index (χ0) is 23.3. The van der Waals surface area contributed by atoms with Gasteiger partial charge >= 0.3 is 0 Å². The maximum absolute atomic E-state index is 6.45. The molecule has 0 aliphatic carbocycles. The largest absolute Gasteiger partial charge is 0.341 e. The third-order valence-corrected chi connectivity index (χ3v) is 6.36. The van der Waals surface area contributed by atoms with Crippen LogP contribution in [0.5, 0.6) is 0 Å². The fourth-order valence-corrected chi connectivity index (χ4v) is 3.98. The average Bonchev–Trinajstić information content (AvgIpc) is 3.38. The molecule has 0 saturated heterocycles. The Bertz CT molecular complexity index is 1140. The van der Waals surface area contributed by atoms with Crippen LogP contribution in [0.2, 0.25) is 0 Å². The van der Waals surface area contributed by atoms with E-state index in [2.05, 4.69) is 94.0 Å². The number of nitrogens with zero attached hydrogens (tertiary/aromatic N) is 2. The van der Waals surface area contributed by atoms with Crippen LogP contribution < -0.4 is 11.5 Å². The summed E-state index contributed by atoms with van der Waals surface area (Å²) in [5, 5.41) is 0. The lowest BCUT2D eigenvalue weighted by Crippen LogP contribution is -2.42. The Morgan fingerprint density at radius 3 is 2.03 bits per heavy atom. The molecule has 0 spiro atoms. The molecular formula is C27H35N5. The minimum atomic E-state index is -0.138. The summed E-state index contributed by atoms with van der Waals surface area (Å²) in [7, 11) is 0. The fourth-order valence-electron chi connectivity index (χ4n) is 3.98. The number of nitrogens with two attached hydrogens (primary N) is 2. The molecule has 1 aliphatic heterocycles. The van der Waals surface area contributed by atoms with E-state index in [0.29, 0.717) is 0 Å². The molecule has 0 amide bonds. The first kappa shape index (κ1) is 22.4. The molecule has 32 heavy (non-hydrogen) atoms. The zero-order valence-corrected chi connectivity index (χ0v) is 20.0. The monoisotopic (exact) mass is 429 g/mol. The summed E-state index contributed by atoms with van der Waals surface area (Å²) in [5.41, 5.74) is 20.6. The van der Waals surface area contributed by atoms with E-state index in [1.165, 1.54) is 16.7 Å². The number of fused-ring (bicyclic) bond motifs is 1. The molecule has 168 valence electrons. The van der Waals surface area contributed by atoms with E-state index in [0.717, 1.165) is 34.9 Å². The third kappa shape index (κ3) is 4.41. The number of hydrogen-bond acceptors (Lipinski definition) is 4. The summed E-state index contributed by atoms with van der Waals surface area (Å²) < 4.78 is 0. The number of aliphatic imine (C=N–C) groups is 1. The van der Waals surface area contributed by atoms with Gasteiger partial charge in [-0.3, -0.25) is 4.99 Å². The predicted octanol–water partition coefficient (Wildman–Crippen LogP) is 5.79. The summed E-state index contributed by atoms with van der Waals surface area (Å²) in [6, 6.07) is 14.9.